The monoisotopic (exact) mass is 238 g/mol. The highest BCUT2D eigenvalue weighted by Gasteiger charge is 2.18. The van der Waals surface area contributed by atoms with E-state index in [1.807, 2.05) is 25.0 Å². The Bertz CT molecular complexity index is 327. The maximum atomic E-state index is 4.40. The molecule has 1 atom stereocenters. The number of aromatic nitrogens is 2. The maximum absolute atomic E-state index is 4.40. The van der Waals surface area contributed by atoms with Crippen molar-refractivity contribution >= 4 is 17.6 Å². The minimum absolute atomic E-state index is 0.643. The van der Waals surface area contributed by atoms with Gasteiger partial charge in [0.15, 0.2) is 0 Å². The smallest absolute Gasteiger partial charge is 0.144 e. The number of hydrogen-bond acceptors (Lipinski definition) is 5. The topological polar surface area (TPSA) is 41.1 Å². The summed E-state index contributed by atoms with van der Waals surface area (Å²) < 4.78 is 0. The zero-order valence-electron chi connectivity index (χ0n) is 9.81. The molecule has 1 saturated heterocycles. The van der Waals surface area contributed by atoms with Crippen LogP contribution in [0.15, 0.2) is 12.4 Å². The molecule has 0 aromatic carbocycles. The molecule has 0 amide bonds. The second-order valence-corrected chi connectivity index (χ2v) is 5.19. The molecule has 16 heavy (non-hydrogen) atoms. The third-order valence-electron chi connectivity index (χ3n) is 2.83. The highest BCUT2D eigenvalue weighted by atomic mass is 32.2. The Morgan fingerprint density at radius 1 is 1.50 bits per heavy atom. The van der Waals surface area contributed by atoms with Crippen molar-refractivity contribution in [2.75, 3.05) is 30.4 Å². The molecule has 0 aliphatic carbocycles. The van der Waals surface area contributed by atoms with Gasteiger partial charge in [0.1, 0.15) is 5.82 Å². The van der Waals surface area contributed by atoms with E-state index in [1.165, 1.54) is 11.5 Å². The van der Waals surface area contributed by atoms with Crippen LogP contribution in [0.5, 0.6) is 0 Å². The highest BCUT2D eigenvalue weighted by molar-refractivity contribution is 7.99. The molecule has 4 nitrogen and oxygen atoms in total. The molecule has 0 spiro atoms. The van der Waals surface area contributed by atoms with Gasteiger partial charge in [-0.1, -0.05) is 0 Å². The first-order valence-electron chi connectivity index (χ1n) is 5.60. The summed E-state index contributed by atoms with van der Waals surface area (Å²) in [5.74, 6) is 3.28. The zero-order valence-corrected chi connectivity index (χ0v) is 10.6. The van der Waals surface area contributed by atoms with Gasteiger partial charge in [0.25, 0.3) is 0 Å². The van der Waals surface area contributed by atoms with Crippen molar-refractivity contribution in [1.29, 1.82) is 0 Å². The van der Waals surface area contributed by atoms with Gasteiger partial charge in [-0.05, 0) is 6.92 Å². The van der Waals surface area contributed by atoms with Gasteiger partial charge in [-0.3, -0.25) is 9.88 Å². The molecule has 2 heterocycles. The van der Waals surface area contributed by atoms with Crippen molar-refractivity contribution in [3.8, 4) is 0 Å². The quantitative estimate of drug-likeness (QED) is 0.863. The van der Waals surface area contributed by atoms with Crippen molar-refractivity contribution in [1.82, 2.24) is 14.9 Å². The maximum Gasteiger partial charge on any atom is 0.144 e. The Morgan fingerprint density at radius 2 is 2.38 bits per heavy atom. The van der Waals surface area contributed by atoms with Crippen LogP contribution in [-0.4, -0.2) is 46.0 Å². The minimum Gasteiger partial charge on any atom is -0.372 e. The number of nitrogens with zero attached hydrogens (tertiary/aromatic N) is 3. The van der Waals surface area contributed by atoms with Gasteiger partial charge in [-0.15, -0.1) is 0 Å². The average Bonchev–Trinajstić information content (AvgIpc) is 2.33. The summed E-state index contributed by atoms with van der Waals surface area (Å²) in [6, 6.07) is 0.643. The fraction of sp³-hybridized carbons (Fsp3) is 0.636. The number of rotatable bonds is 3. The van der Waals surface area contributed by atoms with Gasteiger partial charge in [0.05, 0.1) is 18.1 Å². The first-order valence-corrected chi connectivity index (χ1v) is 6.75. The second-order valence-electron chi connectivity index (χ2n) is 4.04. The Labute approximate surface area is 101 Å². The normalized spacial score (nSPS) is 22.0. The standard InChI is InChI=1S/C11H18N4S/c1-9-8-16-4-3-15(9)7-10-5-14-11(12-2)6-13-10/h5-6,9H,3-4,7-8H2,1-2H3,(H,12,14). The molecular formula is C11H18N4S. The van der Waals surface area contributed by atoms with Gasteiger partial charge in [-0.2, -0.15) is 11.8 Å². The van der Waals surface area contributed by atoms with Gasteiger partial charge >= 0.3 is 0 Å². The molecule has 88 valence electrons. The molecule has 1 aromatic heterocycles. The number of hydrogen-bond donors (Lipinski definition) is 1. The summed E-state index contributed by atoms with van der Waals surface area (Å²) in [6.07, 6.45) is 3.65. The third kappa shape index (κ3) is 2.86. The van der Waals surface area contributed by atoms with E-state index in [1.54, 1.807) is 6.20 Å². The Morgan fingerprint density at radius 3 is 3.00 bits per heavy atom. The zero-order chi connectivity index (χ0) is 11.4. The molecule has 0 bridgehead atoms. The van der Waals surface area contributed by atoms with Crippen molar-refractivity contribution in [3.05, 3.63) is 18.1 Å². The van der Waals surface area contributed by atoms with E-state index in [4.69, 9.17) is 0 Å². The Balaban J connectivity index is 1.96. The van der Waals surface area contributed by atoms with Gasteiger partial charge < -0.3 is 5.32 Å². The predicted octanol–water partition coefficient (Wildman–Crippen LogP) is 1.46. The summed E-state index contributed by atoms with van der Waals surface area (Å²) in [4.78, 5) is 11.2. The number of nitrogens with one attached hydrogen (secondary N) is 1. The van der Waals surface area contributed by atoms with E-state index in [2.05, 4.69) is 27.1 Å². The molecule has 0 radical (unpaired) electrons. The molecule has 1 aliphatic rings. The van der Waals surface area contributed by atoms with Crippen LogP contribution in [0.2, 0.25) is 0 Å². The lowest BCUT2D eigenvalue weighted by Gasteiger charge is -2.32. The minimum atomic E-state index is 0.643. The SMILES string of the molecule is CNc1cnc(CN2CCSCC2C)cn1. The second kappa shape index (κ2) is 5.50. The van der Waals surface area contributed by atoms with Gasteiger partial charge in [0, 0.05) is 37.7 Å². The molecule has 1 aromatic rings. The van der Waals surface area contributed by atoms with Crippen LogP contribution in [0.1, 0.15) is 12.6 Å². The number of thioether (sulfide) groups is 1. The molecule has 1 aliphatic heterocycles. The van der Waals surface area contributed by atoms with Crippen LogP contribution in [0.25, 0.3) is 0 Å². The van der Waals surface area contributed by atoms with Gasteiger partial charge in [-0.25, -0.2) is 4.98 Å². The highest BCUT2D eigenvalue weighted by Crippen LogP contribution is 2.17. The molecule has 1 unspecified atom stereocenters. The van der Waals surface area contributed by atoms with Crippen molar-refractivity contribution in [2.45, 2.75) is 19.5 Å². The van der Waals surface area contributed by atoms with Crippen molar-refractivity contribution in [2.24, 2.45) is 0 Å². The average molecular weight is 238 g/mol. The summed E-state index contributed by atoms with van der Waals surface area (Å²) in [5, 5.41) is 2.98. The van der Waals surface area contributed by atoms with Crippen LogP contribution >= 0.6 is 11.8 Å². The summed E-state index contributed by atoms with van der Waals surface area (Å²) in [5.41, 5.74) is 1.05. The van der Waals surface area contributed by atoms with Gasteiger partial charge in [0.2, 0.25) is 0 Å². The molecule has 1 fully saturated rings. The molecule has 1 N–H and O–H groups in total. The van der Waals surface area contributed by atoms with E-state index in [-0.39, 0.29) is 0 Å². The van der Waals surface area contributed by atoms with Crippen LogP contribution in [0.4, 0.5) is 5.82 Å². The van der Waals surface area contributed by atoms with Crippen molar-refractivity contribution in [3.63, 3.8) is 0 Å². The summed E-state index contributed by atoms with van der Waals surface area (Å²) >= 11 is 2.04. The van der Waals surface area contributed by atoms with Crippen molar-refractivity contribution < 1.29 is 0 Å². The largest absolute Gasteiger partial charge is 0.372 e. The fourth-order valence-electron chi connectivity index (χ4n) is 1.77. The summed E-state index contributed by atoms with van der Waals surface area (Å²) in [7, 11) is 1.85. The van der Waals surface area contributed by atoms with E-state index in [9.17, 15) is 0 Å². The Hall–Kier alpha value is -0.810. The fourth-order valence-corrected chi connectivity index (χ4v) is 2.85. The molecular weight excluding hydrogens is 220 g/mol. The first kappa shape index (κ1) is 11.7. The van der Waals surface area contributed by atoms with E-state index < -0.39 is 0 Å². The van der Waals surface area contributed by atoms with Crippen LogP contribution in [0, 0.1) is 0 Å². The lowest BCUT2D eigenvalue weighted by Crippen LogP contribution is -2.39. The lowest BCUT2D eigenvalue weighted by molar-refractivity contribution is 0.221. The molecule has 2 rings (SSSR count). The van der Waals surface area contributed by atoms with E-state index >= 15 is 0 Å². The first-order chi connectivity index (χ1) is 7.79. The van der Waals surface area contributed by atoms with Crippen LogP contribution in [0.3, 0.4) is 0 Å². The van der Waals surface area contributed by atoms with E-state index in [0.717, 1.165) is 24.6 Å². The molecule has 5 heteroatoms. The molecule has 0 saturated carbocycles. The van der Waals surface area contributed by atoms with Crippen LogP contribution in [-0.2, 0) is 6.54 Å². The van der Waals surface area contributed by atoms with E-state index in [0.29, 0.717) is 6.04 Å². The van der Waals surface area contributed by atoms with Crippen LogP contribution < -0.4 is 5.32 Å². The summed E-state index contributed by atoms with van der Waals surface area (Å²) in [6.45, 7) is 4.35. The third-order valence-corrected chi connectivity index (χ3v) is 4.02. The lowest BCUT2D eigenvalue weighted by atomic mass is 10.3. The Kier molecular flexibility index (Phi) is 4.01. The number of anilines is 1. The predicted molar refractivity (Wildman–Crippen MR) is 68.8 cm³/mol.